The van der Waals surface area contributed by atoms with Gasteiger partial charge >= 0.3 is 5.97 Å². The molecule has 4 heterocycles. The summed E-state index contributed by atoms with van der Waals surface area (Å²) >= 11 is 0. The maximum absolute atomic E-state index is 15.6. The Morgan fingerprint density at radius 1 is 0.986 bits per heavy atom. The Kier molecular flexibility index (Phi) is 15.4. The number of hydrogen-bond donors (Lipinski definition) is 3. The number of likely N-dealkylation sites (N-methyl/N-ethyl adjacent to an activating group) is 1. The number of aryl methyl sites for hydroxylation is 1. The fraction of sp³-hybridized carbons (Fsp3) is 0.526. The molecule has 0 unspecified atom stereocenters. The third-order valence-electron chi connectivity index (χ3n) is 15.2. The van der Waals surface area contributed by atoms with Gasteiger partial charge in [0, 0.05) is 75.2 Å². The monoisotopic (exact) mass is 986 g/mol. The van der Waals surface area contributed by atoms with E-state index in [1.54, 1.807) is 31.2 Å². The lowest BCUT2D eigenvalue weighted by Gasteiger charge is -2.43. The van der Waals surface area contributed by atoms with Gasteiger partial charge in [-0.15, -0.1) is 0 Å². The molecule has 15 nitrogen and oxygen atoms in total. The van der Waals surface area contributed by atoms with Crippen LogP contribution in [0.25, 0.3) is 33.3 Å². The number of likely N-dealkylation sites (tertiary alicyclic amines) is 1. The Morgan fingerprint density at radius 2 is 1.75 bits per heavy atom. The number of aromatic hydroxyl groups is 1. The van der Waals surface area contributed by atoms with Crippen molar-refractivity contribution in [3.63, 3.8) is 0 Å². The Morgan fingerprint density at radius 3 is 2.43 bits per heavy atom. The van der Waals surface area contributed by atoms with Crippen LogP contribution in [0.3, 0.4) is 0 Å². The van der Waals surface area contributed by atoms with E-state index in [-0.39, 0.29) is 49.0 Å². The van der Waals surface area contributed by atoms with E-state index in [1.807, 2.05) is 19.9 Å². The molecule has 4 atom stereocenters. The smallest absolute Gasteiger partial charge is 0.324 e. The highest BCUT2D eigenvalue weighted by Crippen LogP contribution is 2.45. The van der Waals surface area contributed by atoms with E-state index in [9.17, 15) is 19.5 Å². The van der Waals surface area contributed by atoms with Gasteiger partial charge < -0.3 is 39.2 Å². The molecule has 4 aromatic rings. The van der Waals surface area contributed by atoms with Crippen molar-refractivity contribution < 1.29 is 38.6 Å². The molecule has 15 heteroatoms. The summed E-state index contributed by atoms with van der Waals surface area (Å²) in [6.07, 6.45) is 4.58. The number of hydrogen-bond acceptors (Lipinski definition) is 10. The summed E-state index contributed by atoms with van der Waals surface area (Å²) in [6.45, 7) is 16.6. The maximum Gasteiger partial charge on any atom is 0.324 e. The second kappa shape index (κ2) is 21.2. The highest BCUT2D eigenvalue weighted by Gasteiger charge is 2.55. The molecule has 3 aromatic carbocycles. The average molecular weight is 986 g/mol. The Hall–Kier alpha value is -6.03. The maximum atomic E-state index is 15.6. The summed E-state index contributed by atoms with van der Waals surface area (Å²) in [4.78, 5) is 76.7. The SMILES string of the molecule is C=CC(=O)N1CC[C@H](C(=O)N(C)[C@H](C(=O)N[C@@]2(C3CC3)Cc3cc(O)cc(c3)-c3ccc4c(c3)c(c(-c3ccc(CN(C)C)cc3COC)n4CC)CC(C)(C)COC(=O)[C@@H]3CCCN(N3)C2=O)C(C)C)C1. The van der Waals surface area contributed by atoms with Crippen LogP contribution in [0.2, 0.25) is 0 Å². The number of carbonyl (C=O) groups excluding carboxylic acids is 5. The van der Waals surface area contributed by atoms with Crippen LogP contribution < -0.4 is 10.7 Å². The van der Waals surface area contributed by atoms with E-state index in [0.717, 1.165) is 51.0 Å². The van der Waals surface area contributed by atoms with Gasteiger partial charge in [0.2, 0.25) is 17.7 Å². The third-order valence-corrected chi connectivity index (χ3v) is 15.2. The number of fused-ring (bicyclic) bond motifs is 6. The fourth-order valence-corrected chi connectivity index (χ4v) is 11.6. The van der Waals surface area contributed by atoms with E-state index in [1.165, 1.54) is 21.5 Å². The lowest BCUT2D eigenvalue weighted by atomic mass is 9.82. The van der Waals surface area contributed by atoms with Crippen LogP contribution in [0, 0.1) is 23.2 Å². The van der Waals surface area contributed by atoms with Crippen LogP contribution in [0.1, 0.15) is 89.0 Å². The number of hydrazine groups is 1. The van der Waals surface area contributed by atoms with Gasteiger partial charge in [-0.05, 0) is 135 Å². The molecule has 8 rings (SSSR count). The lowest BCUT2D eigenvalue weighted by Crippen LogP contribution is -2.69. The predicted octanol–water partition coefficient (Wildman–Crippen LogP) is 6.85. The van der Waals surface area contributed by atoms with Crippen LogP contribution >= 0.6 is 0 Å². The number of rotatable bonds is 13. The van der Waals surface area contributed by atoms with Crippen molar-refractivity contribution in [1.29, 1.82) is 0 Å². The number of nitrogens with one attached hydrogen (secondary N) is 2. The van der Waals surface area contributed by atoms with E-state index in [4.69, 9.17) is 9.47 Å². The van der Waals surface area contributed by atoms with E-state index >= 15 is 9.59 Å². The molecule has 1 aromatic heterocycles. The van der Waals surface area contributed by atoms with Gasteiger partial charge in [-0.25, -0.2) is 5.43 Å². The summed E-state index contributed by atoms with van der Waals surface area (Å²) in [5.74, 6) is -2.95. The summed E-state index contributed by atoms with van der Waals surface area (Å²) in [5, 5.41) is 17.4. The molecular formula is C57H75N7O8. The van der Waals surface area contributed by atoms with Crippen molar-refractivity contribution in [2.75, 3.05) is 54.5 Å². The van der Waals surface area contributed by atoms with Crippen molar-refractivity contribution in [2.24, 2.45) is 23.2 Å². The molecule has 4 amide bonds. The topological polar surface area (TPSA) is 166 Å². The summed E-state index contributed by atoms with van der Waals surface area (Å²) in [6, 6.07) is 16.6. The van der Waals surface area contributed by atoms with Gasteiger partial charge in [0.05, 0.1) is 24.8 Å². The number of esters is 1. The minimum absolute atomic E-state index is 0.0144. The second-order valence-corrected chi connectivity index (χ2v) is 22.1. The normalized spacial score (nSPS) is 21.9. The van der Waals surface area contributed by atoms with Crippen molar-refractivity contribution in [2.45, 2.75) is 117 Å². The van der Waals surface area contributed by atoms with Gasteiger partial charge in [-0.3, -0.25) is 29.0 Å². The zero-order valence-electron chi connectivity index (χ0n) is 43.8. The average Bonchev–Trinajstić information content (AvgIpc) is 4.01. The second-order valence-electron chi connectivity index (χ2n) is 22.1. The largest absolute Gasteiger partial charge is 0.508 e. The predicted molar refractivity (Wildman–Crippen MR) is 278 cm³/mol. The molecule has 2 saturated heterocycles. The molecule has 3 N–H and O–H groups in total. The number of nitrogens with zero attached hydrogens (tertiary/aromatic N) is 5. The minimum atomic E-state index is -1.53. The Labute approximate surface area is 424 Å². The van der Waals surface area contributed by atoms with E-state index in [2.05, 4.69) is 98.1 Å². The van der Waals surface area contributed by atoms with Gasteiger partial charge in [-0.2, -0.15) is 0 Å². The van der Waals surface area contributed by atoms with Gasteiger partial charge in [-0.1, -0.05) is 64.6 Å². The van der Waals surface area contributed by atoms with Crippen LogP contribution in [0.5, 0.6) is 5.75 Å². The standard InChI is InChI=1S/C57H75N7O8/c1-11-49(66)62-23-21-39(32-62)53(68)61(9)50(35(3)4)52(67)58-57(42-17-18-42)29-37-25-40(27-43(65)26-37)38-16-20-48-45(28-38)46(30-56(5,6)34-72-54(69)47-14-13-22-64(59-47)55(57)70)51(63(48)12-2)44-19-15-36(31-60(7)8)24-41(44)33-71-10/h11,15-16,19-20,24-28,35,39,42,47,50,59,65H,1,12-14,17-18,21-23,29-34H2,2-10H3,(H,58,67)/t39-,47-,50-,57+/m0/s1. The Balaban J connectivity index is 1.25. The molecular weight excluding hydrogens is 911 g/mol. The number of ether oxygens (including phenoxy) is 2. The number of phenolic OH excluding ortho intramolecular Hbond substituents is 1. The number of cyclic esters (lactones) is 1. The van der Waals surface area contributed by atoms with Crippen molar-refractivity contribution in [3.05, 3.63) is 89.5 Å². The number of phenols is 1. The summed E-state index contributed by atoms with van der Waals surface area (Å²) in [7, 11) is 7.45. The van der Waals surface area contributed by atoms with Crippen LogP contribution in [-0.4, -0.2) is 131 Å². The van der Waals surface area contributed by atoms with Crippen molar-refractivity contribution in [3.8, 4) is 28.1 Å². The number of benzene rings is 3. The van der Waals surface area contributed by atoms with Crippen LogP contribution in [-0.2, 0) is 66.0 Å². The molecule has 1 aliphatic carbocycles. The van der Waals surface area contributed by atoms with Gasteiger partial charge in [0.25, 0.3) is 5.91 Å². The molecule has 0 radical (unpaired) electrons. The highest BCUT2D eigenvalue weighted by molar-refractivity contribution is 5.98. The fourth-order valence-electron chi connectivity index (χ4n) is 11.6. The lowest BCUT2D eigenvalue weighted by molar-refractivity contribution is -0.158. The van der Waals surface area contributed by atoms with E-state index in [0.29, 0.717) is 70.3 Å². The van der Waals surface area contributed by atoms with Crippen LogP contribution in [0.4, 0.5) is 0 Å². The number of aromatic nitrogens is 1. The van der Waals surface area contributed by atoms with Crippen LogP contribution in [0.15, 0.2) is 67.3 Å². The van der Waals surface area contributed by atoms with Crippen molar-refractivity contribution >= 4 is 40.5 Å². The first-order valence-electron chi connectivity index (χ1n) is 25.8. The number of carbonyl (C=O) groups is 5. The summed E-state index contributed by atoms with van der Waals surface area (Å²) in [5.41, 5.74) is 9.96. The quantitative estimate of drug-likeness (QED) is 0.0953. The zero-order valence-corrected chi connectivity index (χ0v) is 43.8. The molecule has 0 spiro atoms. The molecule has 3 fully saturated rings. The molecule has 4 aliphatic rings. The molecule has 6 bridgehead atoms. The minimum Gasteiger partial charge on any atom is -0.508 e. The Bertz CT molecular complexity index is 2740. The van der Waals surface area contributed by atoms with Crippen molar-refractivity contribution in [1.82, 2.24) is 35.0 Å². The van der Waals surface area contributed by atoms with Gasteiger partial charge in [0.1, 0.15) is 23.4 Å². The highest BCUT2D eigenvalue weighted by atomic mass is 16.5. The first-order chi connectivity index (χ1) is 34.3. The molecule has 1 saturated carbocycles. The zero-order chi connectivity index (χ0) is 51.8. The van der Waals surface area contributed by atoms with E-state index < -0.39 is 46.7 Å². The number of amides is 4. The third kappa shape index (κ3) is 10.7. The molecule has 386 valence electrons. The first kappa shape index (κ1) is 52.3. The molecule has 72 heavy (non-hydrogen) atoms. The summed E-state index contributed by atoms with van der Waals surface area (Å²) < 4.78 is 14.4. The first-order valence-corrected chi connectivity index (χ1v) is 25.8. The number of methoxy groups -OCH3 is 1. The molecule has 3 aliphatic heterocycles. The van der Waals surface area contributed by atoms with Gasteiger partial charge in [0.15, 0.2) is 0 Å².